The number of amides is 1. The van der Waals surface area contributed by atoms with Gasteiger partial charge in [0.05, 0.1) is 25.4 Å². The first-order valence-corrected chi connectivity index (χ1v) is 24.8. The van der Waals surface area contributed by atoms with Crippen LogP contribution in [0.4, 0.5) is 0 Å². The van der Waals surface area contributed by atoms with E-state index in [4.69, 9.17) is 9.47 Å². The number of nitrogens with one attached hydrogen (secondary N) is 1. The van der Waals surface area contributed by atoms with Gasteiger partial charge in [-0.15, -0.1) is 0 Å². The maximum Gasteiger partial charge on any atom is 0.220 e. The molecular weight excluding hydrogens is 735 g/mol. The van der Waals surface area contributed by atoms with Crippen LogP contribution in [-0.4, -0.2) is 98.7 Å². The largest absolute Gasteiger partial charge is 0.394 e. The van der Waals surface area contributed by atoms with Crippen LogP contribution < -0.4 is 5.32 Å². The Kier molecular flexibility index (Phi) is 37.1. The molecule has 0 bridgehead atoms. The summed E-state index contributed by atoms with van der Waals surface area (Å²) < 4.78 is 11.2. The second kappa shape index (κ2) is 39.0. The highest BCUT2D eigenvalue weighted by molar-refractivity contribution is 5.76. The lowest BCUT2D eigenvalue weighted by molar-refractivity contribution is -0.303. The maximum absolute atomic E-state index is 13.0. The van der Waals surface area contributed by atoms with Crippen LogP contribution >= 0.6 is 0 Å². The highest BCUT2D eigenvalue weighted by Crippen LogP contribution is 2.23. The maximum atomic E-state index is 13.0. The third kappa shape index (κ3) is 28.6. The fraction of sp³-hybridized carbons (Fsp3) is 0.979. The minimum Gasteiger partial charge on any atom is -0.394 e. The molecule has 1 aliphatic heterocycles. The quantitative estimate of drug-likeness (QED) is 0.0296. The zero-order chi connectivity index (χ0) is 42.5. The summed E-state index contributed by atoms with van der Waals surface area (Å²) in [4.78, 5) is 13.0. The predicted octanol–water partition coefficient (Wildman–Crippen LogP) is 9.70. The molecule has 1 fully saturated rings. The van der Waals surface area contributed by atoms with Crippen molar-refractivity contribution in [1.29, 1.82) is 0 Å². The number of ether oxygens (including phenoxy) is 2. The highest BCUT2D eigenvalue weighted by atomic mass is 16.7. The summed E-state index contributed by atoms with van der Waals surface area (Å²) in [5, 5.41) is 65.3. The molecule has 0 aromatic carbocycles. The van der Waals surface area contributed by atoms with Gasteiger partial charge in [0, 0.05) is 6.42 Å². The molecule has 58 heavy (non-hydrogen) atoms. The van der Waals surface area contributed by atoms with E-state index in [1.54, 1.807) is 0 Å². The van der Waals surface area contributed by atoms with Crippen molar-refractivity contribution in [2.45, 2.75) is 288 Å². The first-order valence-electron chi connectivity index (χ1n) is 24.8. The average molecular weight is 830 g/mol. The van der Waals surface area contributed by atoms with E-state index >= 15 is 0 Å². The van der Waals surface area contributed by atoms with Crippen molar-refractivity contribution in [2.24, 2.45) is 0 Å². The summed E-state index contributed by atoms with van der Waals surface area (Å²) in [6.45, 7) is 3.63. The number of hydrogen-bond donors (Lipinski definition) is 7. The van der Waals surface area contributed by atoms with Crippen LogP contribution in [-0.2, 0) is 14.3 Å². The molecule has 1 heterocycles. The first-order chi connectivity index (χ1) is 28.3. The van der Waals surface area contributed by atoms with Crippen molar-refractivity contribution < 1.29 is 44.9 Å². The number of aliphatic hydroxyl groups excluding tert-OH is 6. The summed E-state index contributed by atoms with van der Waals surface area (Å²) in [6.07, 6.45) is 32.5. The van der Waals surface area contributed by atoms with E-state index in [0.717, 1.165) is 38.5 Å². The standard InChI is InChI=1S/C48H95NO9/c1-3-5-7-9-11-13-15-17-19-20-21-23-25-27-29-31-33-35-37-43(52)49-40(39-57-48-47(56)46(55)45(54)42(38-50)58-48)44(53)41(51)36-34-32-30-28-26-24-22-18-16-14-12-10-8-6-4-2/h40-42,44-48,50-51,53-56H,3-39H2,1-2H3,(H,49,52)/t40-,41+,42+,44-,45+,46?,47?,48+/m0/s1. The molecule has 0 saturated carbocycles. The minimum atomic E-state index is -1.60. The van der Waals surface area contributed by atoms with Crippen molar-refractivity contribution in [3.63, 3.8) is 0 Å². The Balaban J connectivity index is 2.34. The molecule has 1 amide bonds. The molecular formula is C48H95NO9. The van der Waals surface area contributed by atoms with Crippen molar-refractivity contribution in [2.75, 3.05) is 13.2 Å². The normalized spacial score (nSPS) is 21.3. The zero-order valence-electron chi connectivity index (χ0n) is 37.7. The molecule has 346 valence electrons. The summed E-state index contributed by atoms with van der Waals surface area (Å²) in [5.41, 5.74) is 0. The van der Waals surface area contributed by atoms with Gasteiger partial charge >= 0.3 is 0 Å². The lowest BCUT2D eigenvalue weighted by Crippen LogP contribution is -2.60. The highest BCUT2D eigenvalue weighted by Gasteiger charge is 2.44. The van der Waals surface area contributed by atoms with E-state index in [1.165, 1.54) is 173 Å². The molecule has 2 unspecified atom stereocenters. The van der Waals surface area contributed by atoms with Gasteiger partial charge in [0.2, 0.25) is 5.91 Å². The second-order valence-electron chi connectivity index (χ2n) is 17.8. The Morgan fingerprint density at radius 1 is 0.534 bits per heavy atom. The average Bonchev–Trinajstić information content (AvgIpc) is 3.22. The topological polar surface area (TPSA) is 169 Å². The van der Waals surface area contributed by atoms with Gasteiger partial charge in [-0.05, 0) is 12.8 Å². The van der Waals surface area contributed by atoms with Crippen LogP contribution in [0, 0.1) is 0 Å². The monoisotopic (exact) mass is 830 g/mol. The SMILES string of the molecule is CCCCCCCCCCCCCCCCCCCCC(=O)N[C@@H](CO[C@@H]1O[C@H](CO)[C@@H](O)C(O)C1O)[C@H](O)[C@H](O)CCCCCCCCCCCCCCCCC. The Morgan fingerprint density at radius 3 is 1.28 bits per heavy atom. The van der Waals surface area contributed by atoms with E-state index in [2.05, 4.69) is 19.2 Å². The van der Waals surface area contributed by atoms with Crippen LogP contribution in [0.3, 0.4) is 0 Å². The minimum absolute atomic E-state index is 0.253. The lowest BCUT2D eigenvalue weighted by atomic mass is 9.98. The number of rotatable bonds is 42. The van der Waals surface area contributed by atoms with Gasteiger partial charge in [-0.25, -0.2) is 0 Å². The van der Waals surface area contributed by atoms with E-state index < -0.39 is 55.6 Å². The fourth-order valence-corrected chi connectivity index (χ4v) is 8.26. The molecule has 0 radical (unpaired) electrons. The third-order valence-corrected chi connectivity index (χ3v) is 12.3. The number of unbranched alkanes of at least 4 members (excludes halogenated alkanes) is 31. The van der Waals surface area contributed by atoms with Crippen LogP contribution in [0.25, 0.3) is 0 Å². The van der Waals surface area contributed by atoms with Crippen LogP contribution in [0.2, 0.25) is 0 Å². The van der Waals surface area contributed by atoms with Gasteiger partial charge < -0.3 is 45.4 Å². The molecule has 0 aliphatic carbocycles. The third-order valence-electron chi connectivity index (χ3n) is 12.3. The molecule has 0 aromatic heterocycles. The van der Waals surface area contributed by atoms with Crippen molar-refractivity contribution in [3.05, 3.63) is 0 Å². The van der Waals surface area contributed by atoms with Gasteiger partial charge in [-0.1, -0.05) is 219 Å². The van der Waals surface area contributed by atoms with Crippen molar-refractivity contribution >= 4 is 5.91 Å². The Bertz CT molecular complexity index is 895. The number of carbonyl (C=O) groups is 1. The van der Waals surface area contributed by atoms with Crippen LogP contribution in [0.15, 0.2) is 0 Å². The molecule has 10 nitrogen and oxygen atoms in total. The molecule has 1 saturated heterocycles. The molecule has 1 rings (SSSR count). The number of carbonyl (C=O) groups excluding carboxylic acids is 1. The Morgan fingerprint density at radius 2 is 0.897 bits per heavy atom. The number of aliphatic hydroxyl groups is 6. The predicted molar refractivity (Wildman–Crippen MR) is 237 cm³/mol. The molecule has 7 N–H and O–H groups in total. The fourth-order valence-electron chi connectivity index (χ4n) is 8.26. The summed E-state index contributed by atoms with van der Waals surface area (Å²) in [7, 11) is 0. The van der Waals surface area contributed by atoms with Crippen LogP contribution in [0.5, 0.6) is 0 Å². The molecule has 0 spiro atoms. The molecule has 0 aromatic rings. The molecule has 10 heteroatoms. The van der Waals surface area contributed by atoms with E-state index in [9.17, 15) is 35.4 Å². The summed E-state index contributed by atoms with van der Waals surface area (Å²) in [6, 6.07) is -0.984. The van der Waals surface area contributed by atoms with Gasteiger partial charge in [0.25, 0.3) is 0 Å². The number of hydrogen-bond acceptors (Lipinski definition) is 9. The first kappa shape index (κ1) is 55.2. The Labute approximate surface area is 356 Å². The van der Waals surface area contributed by atoms with E-state index in [0.29, 0.717) is 6.42 Å². The summed E-state index contributed by atoms with van der Waals surface area (Å²) in [5.74, 6) is -0.253. The van der Waals surface area contributed by atoms with E-state index in [1.807, 2.05) is 0 Å². The second-order valence-corrected chi connectivity index (χ2v) is 17.8. The van der Waals surface area contributed by atoms with Crippen molar-refractivity contribution in [3.8, 4) is 0 Å². The van der Waals surface area contributed by atoms with Gasteiger partial charge in [0.15, 0.2) is 6.29 Å². The van der Waals surface area contributed by atoms with Gasteiger partial charge in [-0.2, -0.15) is 0 Å². The van der Waals surface area contributed by atoms with Gasteiger partial charge in [-0.3, -0.25) is 4.79 Å². The zero-order valence-corrected chi connectivity index (χ0v) is 37.7. The van der Waals surface area contributed by atoms with Crippen molar-refractivity contribution in [1.82, 2.24) is 5.32 Å². The van der Waals surface area contributed by atoms with E-state index in [-0.39, 0.29) is 18.9 Å². The Hall–Kier alpha value is -0.850. The van der Waals surface area contributed by atoms with Crippen LogP contribution in [0.1, 0.15) is 239 Å². The van der Waals surface area contributed by atoms with Gasteiger partial charge in [0.1, 0.15) is 30.5 Å². The summed E-state index contributed by atoms with van der Waals surface area (Å²) >= 11 is 0. The molecule has 8 atom stereocenters. The molecule has 1 aliphatic rings. The smallest absolute Gasteiger partial charge is 0.220 e. The lowest BCUT2D eigenvalue weighted by Gasteiger charge is -2.40.